The quantitative estimate of drug-likeness (QED) is 0.393. The molecule has 5 rings (SSSR count). The predicted octanol–water partition coefficient (Wildman–Crippen LogP) is 4.44. The number of carbonyl (C=O) groups is 2. The zero-order valence-corrected chi connectivity index (χ0v) is 20.7. The first-order valence-corrected chi connectivity index (χ1v) is 11.9. The van der Waals surface area contributed by atoms with Gasteiger partial charge in [0.2, 0.25) is 5.91 Å². The van der Waals surface area contributed by atoms with Gasteiger partial charge in [-0.3, -0.25) is 19.7 Å². The smallest absolute Gasteiger partial charge is 0.324 e. The molecule has 0 saturated carbocycles. The van der Waals surface area contributed by atoms with Crippen molar-refractivity contribution in [2.75, 3.05) is 23.3 Å². The summed E-state index contributed by atoms with van der Waals surface area (Å²) >= 11 is 0. The van der Waals surface area contributed by atoms with Gasteiger partial charge in [0.1, 0.15) is 5.82 Å². The third-order valence-corrected chi connectivity index (χ3v) is 6.63. The Kier molecular flexibility index (Phi) is 6.51. The molecule has 186 valence electrons. The topological polar surface area (TPSA) is 117 Å². The highest BCUT2D eigenvalue weighted by Gasteiger charge is 2.30. The largest absolute Gasteiger partial charge is 0.366 e. The Hall–Kier alpha value is -4.79. The highest BCUT2D eigenvalue weighted by molar-refractivity contribution is 5.96. The lowest BCUT2D eigenvalue weighted by Crippen LogP contribution is -2.31. The van der Waals surface area contributed by atoms with Crippen molar-refractivity contribution in [3.05, 3.63) is 95.7 Å². The summed E-state index contributed by atoms with van der Waals surface area (Å²) < 4.78 is 0. The molecule has 1 saturated heterocycles. The molecule has 0 aliphatic carbocycles. The average Bonchev–Trinajstić information content (AvgIpc) is 3.26. The van der Waals surface area contributed by atoms with Crippen molar-refractivity contribution in [1.82, 2.24) is 19.9 Å². The van der Waals surface area contributed by atoms with Crippen molar-refractivity contribution in [2.45, 2.75) is 20.4 Å². The standard InChI is InChI=1S/C28H27N7O2/c1-18-19(2)25(27(29)36)7-6-24(18)21-5-8-26(32-14-21)33-22-12-23(16-31-15-22)35-11-10-34(28(35)37)17-20-4-3-9-30-13-20/h3-9,12-16H,10-11,17H2,1-2H3,(H2,29,36)(H,32,33). The van der Waals surface area contributed by atoms with Crippen LogP contribution < -0.4 is 16.0 Å². The number of aromatic nitrogens is 3. The molecule has 3 amide bonds. The average molecular weight is 494 g/mol. The molecule has 4 aromatic rings. The molecule has 0 radical (unpaired) electrons. The Morgan fingerprint density at radius 2 is 1.86 bits per heavy atom. The highest BCUT2D eigenvalue weighted by Crippen LogP contribution is 2.29. The number of primary amides is 1. The molecule has 9 heteroatoms. The van der Waals surface area contributed by atoms with E-state index < -0.39 is 5.91 Å². The van der Waals surface area contributed by atoms with Crippen LogP contribution in [0.5, 0.6) is 0 Å². The second-order valence-corrected chi connectivity index (χ2v) is 8.98. The van der Waals surface area contributed by atoms with Crippen molar-refractivity contribution in [3.63, 3.8) is 0 Å². The highest BCUT2D eigenvalue weighted by atomic mass is 16.2. The van der Waals surface area contributed by atoms with E-state index in [1.54, 1.807) is 46.9 Å². The summed E-state index contributed by atoms with van der Waals surface area (Å²) in [6.07, 6.45) is 8.67. The van der Waals surface area contributed by atoms with Gasteiger partial charge in [0.15, 0.2) is 0 Å². The number of hydrogen-bond donors (Lipinski definition) is 2. The van der Waals surface area contributed by atoms with Crippen LogP contribution in [0.2, 0.25) is 0 Å². The third kappa shape index (κ3) is 4.97. The minimum Gasteiger partial charge on any atom is -0.366 e. The van der Waals surface area contributed by atoms with E-state index in [2.05, 4.69) is 20.3 Å². The Bertz CT molecular complexity index is 1460. The van der Waals surface area contributed by atoms with E-state index in [1.165, 1.54) is 0 Å². The third-order valence-electron chi connectivity index (χ3n) is 6.63. The number of nitrogens with two attached hydrogens (primary N) is 1. The van der Waals surface area contributed by atoms with Gasteiger partial charge < -0.3 is 16.0 Å². The normalized spacial score (nSPS) is 13.2. The van der Waals surface area contributed by atoms with Gasteiger partial charge in [0.25, 0.3) is 0 Å². The van der Waals surface area contributed by atoms with Crippen molar-refractivity contribution in [3.8, 4) is 11.1 Å². The van der Waals surface area contributed by atoms with E-state index in [0.717, 1.165) is 39.2 Å². The molecule has 0 unspecified atom stereocenters. The summed E-state index contributed by atoms with van der Waals surface area (Å²) in [7, 11) is 0. The molecule has 1 aromatic carbocycles. The van der Waals surface area contributed by atoms with Gasteiger partial charge in [-0.1, -0.05) is 12.1 Å². The maximum Gasteiger partial charge on any atom is 0.324 e. The molecule has 37 heavy (non-hydrogen) atoms. The van der Waals surface area contributed by atoms with Gasteiger partial charge in [0.05, 0.1) is 23.8 Å². The molecule has 3 N–H and O–H groups in total. The Morgan fingerprint density at radius 1 is 1.00 bits per heavy atom. The van der Waals surface area contributed by atoms with E-state index in [9.17, 15) is 9.59 Å². The van der Waals surface area contributed by atoms with Crippen LogP contribution in [0.15, 0.2) is 73.4 Å². The molecule has 0 atom stereocenters. The summed E-state index contributed by atoms with van der Waals surface area (Å²) in [6.45, 7) is 5.61. The Morgan fingerprint density at radius 3 is 2.59 bits per heavy atom. The Balaban J connectivity index is 1.29. The number of nitrogens with zero attached hydrogens (tertiary/aromatic N) is 5. The number of rotatable bonds is 7. The lowest BCUT2D eigenvalue weighted by molar-refractivity contribution is 0.0999. The minimum atomic E-state index is -0.433. The first-order chi connectivity index (χ1) is 17.9. The second-order valence-electron chi connectivity index (χ2n) is 8.98. The van der Waals surface area contributed by atoms with Crippen LogP contribution in [-0.4, -0.2) is 44.9 Å². The van der Waals surface area contributed by atoms with Crippen LogP contribution in [0.4, 0.5) is 22.0 Å². The van der Waals surface area contributed by atoms with Gasteiger partial charge in [-0.2, -0.15) is 0 Å². The van der Waals surface area contributed by atoms with Gasteiger partial charge in [-0.05, 0) is 66.4 Å². The summed E-state index contributed by atoms with van der Waals surface area (Å²) in [6, 6.07) is 13.2. The van der Waals surface area contributed by atoms with Crippen molar-refractivity contribution < 1.29 is 9.59 Å². The number of benzene rings is 1. The first-order valence-electron chi connectivity index (χ1n) is 11.9. The number of amides is 3. The van der Waals surface area contributed by atoms with Gasteiger partial charge >= 0.3 is 6.03 Å². The molecule has 1 aliphatic rings. The van der Waals surface area contributed by atoms with E-state index >= 15 is 0 Å². The van der Waals surface area contributed by atoms with Crippen molar-refractivity contribution in [1.29, 1.82) is 0 Å². The second kappa shape index (κ2) is 10.1. The number of hydrogen-bond acceptors (Lipinski definition) is 6. The predicted molar refractivity (Wildman–Crippen MR) is 143 cm³/mol. The van der Waals surface area contributed by atoms with Crippen molar-refractivity contribution >= 4 is 29.1 Å². The molecular formula is C28H27N7O2. The van der Waals surface area contributed by atoms with Crippen LogP contribution in [0.25, 0.3) is 11.1 Å². The lowest BCUT2D eigenvalue weighted by Gasteiger charge is -2.19. The van der Waals surface area contributed by atoms with Crippen LogP contribution in [-0.2, 0) is 6.54 Å². The molecule has 3 aromatic heterocycles. The number of anilines is 3. The molecule has 4 heterocycles. The number of carbonyl (C=O) groups excluding carboxylic acids is 2. The monoisotopic (exact) mass is 493 g/mol. The fourth-order valence-electron chi connectivity index (χ4n) is 4.50. The maximum atomic E-state index is 13.0. The number of nitrogens with one attached hydrogen (secondary N) is 1. The maximum absolute atomic E-state index is 13.0. The summed E-state index contributed by atoms with van der Waals surface area (Å²) in [5.41, 5.74) is 12.2. The van der Waals surface area contributed by atoms with Crippen LogP contribution >= 0.6 is 0 Å². The molecule has 0 spiro atoms. The van der Waals surface area contributed by atoms with E-state index in [-0.39, 0.29) is 6.03 Å². The SMILES string of the molecule is Cc1c(C(N)=O)ccc(-c2ccc(Nc3cncc(N4CCN(Cc5cccnc5)C4=O)c3)nc2)c1C. The summed E-state index contributed by atoms with van der Waals surface area (Å²) in [5, 5.41) is 3.27. The molecule has 0 bridgehead atoms. The molecule has 1 fully saturated rings. The lowest BCUT2D eigenvalue weighted by atomic mass is 9.94. The van der Waals surface area contributed by atoms with Gasteiger partial charge in [-0.25, -0.2) is 9.78 Å². The van der Waals surface area contributed by atoms with Crippen molar-refractivity contribution in [2.24, 2.45) is 5.73 Å². The molecule has 1 aliphatic heterocycles. The van der Waals surface area contributed by atoms with Crippen LogP contribution in [0, 0.1) is 13.8 Å². The summed E-state index contributed by atoms with van der Waals surface area (Å²) in [5.74, 6) is 0.217. The van der Waals surface area contributed by atoms with E-state index in [4.69, 9.17) is 5.73 Å². The van der Waals surface area contributed by atoms with E-state index in [1.807, 2.05) is 50.2 Å². The first kappa shape index (κ1) is 23.9. The number of pyridine rings is 3. The van der Waals surface area contributed by atoms with Gasteiger partial charge in [-0.15, -0.1) is 0 Å². The van der Waals surface area contributed by atoms with E-state index in [0.29, 0.717) is 31.0 Å². The van der Waals surface area contributed by atoms with Crippen LogP contribution in [0.1, 0.15) is 27.0 Å². The van der Waals surface area contributed by atoms with Crippen LogP contribution in [0.3, 0.4) is 0 Å². The molecular weight excluding hydrogens is 466 g/mol. The fourth-order valence-corrected chi connectivity index (χ4v) is 4.50. The minimum absolute atomic E-state index is 0.0571. The number of urea groups is 1. The zero-order valence-electron chi connectivity index (χ0n) is 20.7. The Labute approximate surface area is 215 Å². The zero-order chi connectivity index (χ0) is 25.9. The van der Waals surface area contributed by atoms with Gasteiger partial charge in [0, 0.05) is 49.4 Å². The fraction of sp³-hybridized carbons (Fsp3) is 0.179. The molecule has 9 nitrogen and oxygen atoms in total. The summed E-state index contributed by atoms with van der Waals surface area (Å²) in [4.78, 5) is 41.2.